The summed E-state index contributed by atoms with van der Waals surface area (Å²) >= 11 is 0. The lowest BCUT2D eigenvalue weighted by molar-refractivity contribution is -0.0775. The van der Waals surface area contributed by atoms with Gasteiger partial charge in [-0.25, -0.2) is 0 Å². The van der Waals surface area contributed by atoms with E-state index >= 15 is 0 Å². The Balaban J connectivity index is 1.72. The van der Waals surface area contributed by atoms with Gasteiger partial charge < -0.3 is 5.32 Å². The Hall–Kier alpha value is -0.0400. The molecular weight excluding hydrogens is 254 g/mol. The lowest BCUT2D eigenvalue weighted by atomic mass is 9.47. The highest BCUT2D eigenvalue weighted by Crippen LogP contribution is 2.61. The molecule has 4 fully saturated rings. The SMILES string of the molecule is CCCNC(CC(C)CCC)C12CC3CC(CC(C3)C1)C2. The van der Waals surface area contributed by atoms with Gasteiger partial charge in [0.1, 0.15) is 0 Å². The Morgan fingerprint density at radius 2 is 1.52 bits per heavy atom. The number of hydrogen-bond donors (Lipinski definition) is 1. The van der Waals surface area contributed by atoms with Gasteiger partial charge in [-0.05, 0) is 87.0 Å². The van der Waals surface area contributed by atoms with Crippen LogP contribution in [-0.2, 0) is 0 Å². The van der Waals surface area contributed by atoms with E-state index in [1.165, 1.54) is 32.2 Å². The molecule has 1 nitrogen and oxygen atoms in total. The molecule has 2 unspecified atom stereocenters. The summed E-state index contributed by atoms with van der Waals surface area (Å²) in [6.45, 7) is 8.38. The van der Waals surface area contributed by atoms with E-state index < -0.39 is 0 Å². The first kappa shape index (κ1) is 15.8. The predicted molar refractivity (Wildman–Crippen MR) is 91.4 cm³/mol. The van der Waals surface area contributed by atoms with E-state index in [0.29, 0.717) is 5.41 Å². The van der Waals surface area contributed by atoms with Gasteiger partial charge in [0.15, 0.2) is 0 Å². The molecule has 4 aliphatic rings. The van der Waals surface area contributed by atoms with Crippen molar-refractivity contribution in [3.8, 4) is 0 Å². The van der Waals surface area contributed by atoms with Gasteiger partial charge in [-0.15, -0.1) is 0 Å². The second-order valence-corrected chi connectivity index (χ2v) is 8.92. The first-order valence-electron chi connectivity index (χ1n) is 9.88. The third kappa shape index (κ3) is 3.33. The van der Waals surface area contributed by atoms with E-state index in [-0.39, 0.29) is 0 Å². The average molecular weight is 292 g/mol. The second-order valence-electron chi connectivity index (χ2n) is 8.92. The Labute approximate surface area is 132 Å². The molecule has 1 heteroatoms. The Bertz CT molecular complexity index is 299. The summed E-state index contributed by atoms with van der Waals surface area (Å²) in [7, 11) is 0. The van der Waals surface area contributed by atoms with E-state index in [0.717, 1.165) is 29.7 Å². The molecular formula is C20H37N. The minimum atomic E-state index is 0.686. The van der Waals surface area contributed by atoms with Gasteiger partial charge in [-0.3, -0.25) is 0 Å². The normalized spacial score (nSPS) is 40.4. The quantitative estimate of drug-likeness (QED) is 0.631. The molecule has 0 aromatic heterocycles. The minimum absolute atomic E-state index is 0.686. The summed E-state index contributed by atoms with van der Waals surface area (Å²) in [5.74, 6) is 4.16. The third-order valence-electron chi connectivity index (χ3n) is 6.89. The van der Waals surface area contributed by atoms with Crippen LogP contribution in [-0.4, -0.2) is 12.6 Å². The van der Waals surface area contributed by atoms with Gasteiger partial charge in [-0.1, -0.05) is 33.6 Å². The van der Waals surface area contributed by atoms with Crippen molar-refractivity contribution in [3.05, 3.63) is 0 Å². The summed E-state index contributed by atoms with van der Waals surface area (Å²) < 4.78 is 0. The van der Waals surface area contributed by atoms with Crippen molar-refractivity contribution in [2.45, 2.75) is 91.0 Å². The van der Waals surface area contributed by atoms with Crippen LogP contribution in [0.1, 0.15) is 85.0 Å². The number of nitrogens with one attached hydrogen (secondary N) is 1. The minimum Gasteiger partial charge on any atom is -0.313 e. The Morgan fingerprint density at radius 3 is 2.00 bits per heavy atom. The molecule has 0 amide bonds. The molecule has 4 aliphatic carbocycles. The summed E-state index contributed by atoms with van der Waals surface area (Å²) in [4.78, 5) is 0. The molecule has 0 aliphatic heterocycles. The summed E-state index contributed by atoms with van der Waals surface area (Å²) in [6, 6.07) is 0.812. The molecule has 0 aromatic carbocycles. The predicted octanol–water partition coefficient (Wildman–Crippen LogP) is 5.40. The van der Waals surface area contributed by atoms with E-state index in [1.807, 2.05) is 0 Å². The fourth-order valence-electron chi connectivity index (χ4n) is 6.49. The molecule has 0 spiro atoms. The van der Waals surface area contributed by atoms with Crippen LogP contribution in [0.5, 0.6) is 0 Å². The van der Waals surface area contributed by atoms with Crippen LogP contribution in [0, 0.1) is 29.1 Å². The summed E-state index contributed by atoms with van der Waals surface area (Å²) in [6.07, 6.45) is 14.9. The van der Waals surface area contributed by atoms with Crippen LogP contribution in [0.15, 0.2) is 0 Å². The summed E-state index contributed by atoms with van der Waals surface area (Å²) in [5.41, 5.74) is 0.686. The molecule has 4 rings (SSSR count). The van der Waals surface area contributed by atoms with E-state index in [9.17, 15) is 0 Å². The van der Waals surface area contributed by atoms with Crippen molar-refractivity contribution in [1.29, 1.82) is 0 Å². The van der Waals surface area contributed by atoms with Crippen LogP contribution >= 0.6 is 0 Å². The lowest BCUT2D eigenvalue weighted by Gasteiger charge is -2.60. The molecule has 0 aromatic rings. The highest BCUT2D eigenvalue weighted by molar-refractivity contribution is 5.06. The maximum absolute atomic E-state index is 4.02. The highest BCUT2D eigenvalue weighted by Gasteiger charge is 2.53. The standard InChI is InChI=1S/C20H37N/c1-4-6-15(3)8-19(21-7-5-2)20-12-16-9-17(13-20)11-18(10-16)14-20/h15-19,21H,4-14H2,1-3H3. The molecule has 0 heterocycles. The monoisotopic (exact) mass is 291 g/mol. The Kier molecular flexibility index (Phi) is 4.98. The maximum atomic E-state index is 4.02. The van der Waals surface area contributed by atoms with Crippen LogP contribution in [0.2, 0.25) is 0 Å². The molecule has 122 valence electrons. The number of hydrogen-bond acceptors (Lipinski definition) is 1. The van der Waals surface area contributed by atoms with Crippen LogP contribution in [0.4, 0.5) is 0 Å². The van der Waals surface area contributed by atoms with E-state index in [2.05, 4.69) is 26.1 Å². The van der Waals surface area contributed by atoms with Crippen LogP contribution < -0.4 is 5.32 Å². The first-order chi connectivity index (χ1) is 10.1. The second kappa shape index (κ2) is 6.60. The molecule has 0 radical (unpaired) electrons. The van der Waals surface area contributed by atoms with Crippen molar-refractivity contribution in [1.82, 2.24) is 5.32 Å². The van der Waals surface area contributed by atoms with Crippen LogP contribution in [0.3, 0.4) is 0 Å². The van der Waals surface area contributed by atoms with Crippen molar-refractivity contribution in [3.63, 3.8) is 0 Å². The first-order valence-corrected chi connectivity index (χ1v) is 9.88. The summed E-state index contributed by atoms with van der Waals surface area (Å²) in [5, 5.41) is 4.02. The smallest absolute Gasteiger partial charge is 0.0126 e. The fourth-order valence-corrected chi connectivity index (χ4v) is 6.49. The molecule has 4 saturated carbocycles. The van der Waals surface area contributed by atoms with Crippen molar-refractivity contribution < 1.29 is 0 Å². The Morgan fingerprint density at radius 1 is 0.952 bits per heavy atom. The van der Waals surface area contributed by atoms with E-state index in [1.54, 1.807) is 38.5 Å². The highest BCUT2D eigenvalue weighted by atomic mass is 14.9. The van der Waals surface area contributed by atoms with Crippen molar-refractivity contribution in [2.75, 3.05) is 6.54 Å². The van der Waals surface area contributed by atoms with Gasteiger partial charge in [0, 0.05) is 6.04 Å². The maximum Gasteiger partial charge on any atom is 0.0126 e. The molecule has 2 atom stereocenters. The lowest BCUT2D eigenvalue weighted by Crippen LogP contribution is -2.56. The molecule has 21 heavy (non-hydrogen) atoms. The van der Waals surface area contributed by atoms with Gasteiger partial charge in [-0.2, -0.15) is 0 Å². The molecule has 4 bridgehead atoms. The van der Waals surface area contributed by atoms with Crippen molar-refractivity contribution >= 4 is 0 Å². The molecule has 0 saturated heterocycles. The van der Waals surface area contributed by atoms with E-state index in [4.69, 9.17) is 0 Å². The number of rotatable bonds is 8. The van der Waals surface area contributed by atoms with Crippen LogP contribution in [0.25, 0.3) is 0 Å². The zero-order chi connectivity index (χ0) is 14.9. The third-order valence-corrected chi connectivity index (χ3v) is 6.89. The van der Waals surface area contributed by atoms with Gasteiger partial charge in [0.25, 0.3) is 0 Å². The zero-order valence-electron chi connectivity index (χ0n) is 14.7. The molecule has 1 N–H and O–H groups in total. The van der Waals surface area contributed by atoms with Gasteiger partial charge in [0.2, 0.25) is 0 Å². The topological polar surface area (TPSA) is 12.0 Å². The van der Waals surface area contributed by atoms with Gasteiger partial charge in [0.05, 0.1) is 0 Å². The largest absolute Gasteiger partial charge is 0.313 e. The van der Waals surface area contributed by atoms with Gasteiger partial charge >= 0.3 is 0 Å². The average Bonchev–Trinajstić information content (AvgIpc) is 2.42. The fraction of sp³-hybridized carbons (Fsp3) is 1.00. The zero-order valence-corrected chi connectivity index (χ0v) is 14.7. The van der Waals surface area contributed by atoms with Crippen molar-refractivity contribution in [2.24, 2.45) is 29.1 Å².